The number of hydrogen-bond acceptors (Lipinski definition) is 0. The van der Waals surface area contributed by atoms with Crippen LogP contribution in [0.2, 0.25) is 0 Å². The lowest BCUT2D eigenvalue weighted by molar-refractivity contribution is 0.139. The zero-order chi connectivity index (χ0) is 17.7. The molecule has 148 valence electrons. The third kappa shape index (κ3) is 8.49. The highest BCUT2D eigenvalue weighted by atomic mass is 14.4. The first-order valence-corrected chi connectivity index (χ1v) is 12.3. The second-order valence-electron chi connectivity index (χ2n) is 9.61. The first-order chi connectivity index (χ1) is 12.3. The van der Waals surface area contributed by atoms with Crippen LogP contribution in [0.3, 0.4) is 0 Å². The smallest absolute Gasteiger partial charge is 0.0386 e. The summed E-state index contributed by atoms with van der Waals surface area (Å²) >= 11 is 0. The monoisotopic (exact) mass is 348 g/mol. The fourth-order valence-corrected chi connectivity index (χ4v) is 5.79. The van der Waals surface area contributed by atoms with Crippen LogP contribution in [0.5, 0.6) is 0 Å². The standard InChI is InChI=1S/C25H48/c1-3-5-7-9-11-13-23-16-20-25(21-17-23)24-18-14-22(15-19-24)12-10-8-6-4-2/h22-25H,3-21H2,1-2H3/t22-,23-,24-,25-. The molecular formula is C25H48. The Morgan fingerprint density at radius 3 is 1.20 bits per heavy atom. The van der Waals surface area contributed by atoms with Crippen LogP contribution >= 0.6 is 0 Å². The van der Waals surface area contributed by atoms with Gasteiger partial charge in [0.25, 0.3) is 0 Å². The van der Waals surface area contributed by atoms with Crippen molar-refractivity contribution < 1.29 is 0 Å². The van der Waals surface area contributed by atoms with Crippen LogP contribution in [0.15, 0.2) is 0 Å². The third-order valence-corrected chi connectivity index (χ3v) is 7.63. The van der Waals surface area contributed by atoms with E-state index in [1.54, 1.807) is 57.8 Å². The fraction of sp³-hybridized carbons (Fsp3) is 1.00. The lowest BCUT2D eigenvalue weighted by atomic mass is 9.68. The second-order valence-corrected chi connectivity index (χ2v) is 9.61. The molecule has 0 amide bonds. The van der Waals surface area contributed by atoms with Gasteiger partial charge in [-0.15, -0.1) is 0 Å². The first-order valence-electron chi connectivity index (χ1n) is 12.3. The van der Waals surface area contributed by atoms with E-state index in [2.05, 4.69) is 13.8 Å². The molecule has 2 aliphatic rings. The molecule has 0 aromatic rings. The molecule has 2 fully saturated rings. The molecule has 0 N–H and O–H groups in total. The van der Waals surface area contributed by atoms with Crippen molar-refractivity contribution >= 4 is 0 Å². The highest BCUT2D eigenvalue weighted by Crippen LogP contribution is 2.43. The number of rotatable bonds is 12. The van der Waals surface area contributed by atoms with Crippen LogP contribution < -0.4 is 0 Å². The molecule has 0 aliphatic heterocycles. The molecule has 2 rings (SSSR count). The number of hydrogen-bond donors (Lipinski definition) is 0. The van der Waals surface area contributed by atoms with Crippen molar-refractivity contribution in [2.24, 2.45) is 23.7 Å². The second kappa shape index (κ2) is 13.2. The molecule has 0 aromatic heterocycles. The molecule has 0 unspecified atom stereocenters. The van der Waals surface area contributed by atoms with Gasteiger partial charge in [0.05, 0.1) is 0 Å². The first kappa shape index (κ1) is 21.3. The fourth-order valence-electron chi connectivity index (χ4n) is 5.79. The van der Waals surface area contributed by atoms with Gasteiger partial charge < -0.3 is 0 Å². The minimum Gasteiger partial charge on any atom is -0.0654 e. The molecule has 0 nitrogen and oxygen atoms in total. The normalized spacial score (nSPS) is 30.5. The highest BCUT2D eigenvalue weighted by Gasteiger charge is 2.30. The van der Waals surface area contributed by atoms with Crippen LogP contribution in [0.25, 0.3) is 0 Å². The maximum Gasteiger partial charge on any atom is -0.0386 e. The SMILES string of the molecule is CCCCCCC[C@H]1CC[C@H]([C@H]2CC[C@H](CCCCCC)CC2)CC1. The van der Waals surface area contributed by atoms with E-state index in [-0.39, 0.29) is 0 Å². The Bertz CT molecular complexity index is 291. The maximum atomic E-state index is 2.33. The van der Waals surface area contributed by atoms with Crippen molar-refractivity contribution in [3.8, 4) is 0 Å². The predicted molar refractivity (Wildman–Crippen MR) is 113 cm³/mol. The Balaban J connectivity index is 1.52. The van der Waals surface area contributed by atoms with Crippen LogP contribution in [0, 0.1) is 23.7 Å². The average molecular weight is 349 g/mol. The van der Waals surface area contributed by atoms with E-state index in [4.69, 9.17) is 0 Å². The van der Waals surface area contributed by atoms with Crippen molar-refractivity contribution in [3.05, 3.63) is 0 Å². The Morgan fingerprint density at radius 2 is 0.800 bits per heavy atom. The minimum atomic E-state index is 1.09. The summed E-state index contributed by atoms with van der Waals surface area (Å²) in [7, 11) is 0. The molecule has 0 bridgehead atoms. The lowest BCUT2D eigenvalue weighted by Crippen LogP contribution is -2.25. The van der Waals surface area contributed by atoms with E-state index in [9.17, 15) is 0 Å². The summed E-state index contributed by atoms with van der Waals surface area (Å²) in [6.07, 6.45) is 28.8. The Kier molecular flexibility index (Phi) is 11.3. The van der Waals surface area contributed by atoms with Gasteiger partial charge in [-0.25, -0.2) is 0 Å². The molecule has 0 heterocycles. The quantitative estimate of drug-likeness (QED) is 0.309. The maximum absolute atomic E-state index is 2.33. The van der Waals surface area contributed by atoms with Gasteiger partial charge in [-0.05, 0) is 49.4 Å². The summed E-state index contributed by atoms with van der Waals surface area (Å²) in [5.41, 5.74) is 0. The predicted octanol–water partition coefficient (Wildman–Crippen LogP) is 8.93. The summed E-state index contributed by atoms with van der Waals surface area (Å²) in [4.78, 5) is 0. The molecule has 0 radical (unpaired) electrons. The Hall–Kier alpha value is 0. The van der Waals surface area contributed by atoms with Gasteiger partial charge in [0, 0.05) is 0 Å². The number of unbranched alkanes of at least 4 members (excludes halogenated alkanes) is 7. The van der Waals surface area contributed by atoms with Crippen molar-refractivity contribution in [1.29, 1.82) is 0 Å². The highest BCUT2D eigenvalue weighted by molar-refractivity contribution is 4.82. The molecule has 0 aromatic carbocycles. The molecule has 0 spiro atoms. The van der Waals surface area contributed by atoms with Crippen molar-refractivity contribution in [2.75, 3.05) is 0 Å². The summed E-state index contributed by atoms with van der Waals surface area (Å²) in [6, 6.07) is 0. The van der Waals surface area contributed by atoms with Gasteiger partial charge >= 0.3 is 0 Å². The molecular weight excluding hydrogens is 300 g/mol. The van der Waals surface area contributed by atoms with Gasteiger partial charge in [0.1, 0.15) is 0 Å². The average Bonchev–Trinajstić information content (AvgIpc) is 2.66. The molecule has 0 atom stereocenters. The van der Waals surface area contributed by atoms with E-state index in [0.29, 0.717) is 0 Å². The summed E-state index contributed by atoms with van der Waals surface area (Å²) in [6.45, 7) is 4.65. The van der Waals surface area contributed by atoms with E-state index < -0.39 is 0 Å². The van der Waals surface area contributed by atoms with Crippen LogP contribution in [0.1, 0.15) is 136 Å². The molecule has 2 aliphatic carbocycles. The van der Waals surface area contributed by atoms with Gasteiger partial charge in [0.2, 0.25) is 0 Å². The van der Waals surface area contributed by atoms with Crippen LogP contribution in [0.4, 0.5) is 0 Å². The zero-order valence-electron chi connectivity index (χ0n) is 17.7. The van der Waals surface area contributed by atoms with E-state index in [1.165, 1.54) is 64.2 Å². The minimum absolute atomic E-state index is 1.09. The van der Waals surface area contributed by atoms with Gasteiger partial charge in [0.15, 0.2) is 0 Å². The third-order valence-electron chi connectivity index (χ3n) is 7.63. The van der Waals surface area contributed by atoms with Crippen molar-refractivity contribution in [3.63, 3.8) is 0 Å². The lowest BCUT2D eigenvalue weighted by Gasteiger charge is -2.38. The van der Waals surface area contributed by atoms with Crippen LogP contribution in [-0.4, -0.2) is 0 Å². The van der Waals surface area contributed by atoms with Crippen LogP contribution in [-0.2, 0) is 0 Å². The van der Waals surface area contributed by atoms with E-state index in [0.717, 1.165) is 23.7 Å². The van der Waals surface area contributed by atoms with E-state index in [1.807, 2.05) is 0 Å². The Morgan fingerprint density at radius 1 is 0.440 bits per heavy atom. The largest absolute Gasteiger partial charge is 0.0654 e. The van der Waals surface area contributed by atoms with Crippen molar-refractivity contribution in [1.82, 2.24) is 0 Å². The zero-order valence-corrected chi connectivity index (χ0v) is 17.7. The Labute approximate surface area is 159 Å². The summed E-state index contributed by atoms with van der Waals surface area (Å²) < 4.78 is 0. The molecule has 0 heteroatoms. The van der Waals surface area contributed by atoms with Gasteiger partial charge in [-0.1, -0.05) is 110 Å². The molecule has 0 saturated heterocycles. The van der Waals surface area contributed by atoms with Gasteiger partial charge in [-0.2, -0.15) is 0 Å². The van der Waals surface area contributed by atoms with E-state index >= 15 is 0 Å². The summed E-state index contributed by atoms with van der Waals surface area (Å²) in [5, 5.41) is 0. The summed E-state index contributed by atoms with van der Waals surface area (Å²) in [5.74, 6) is 4.40. The molecule has 25 heavy (non-hydrogen) atoms. The van der Waals surface area contributed by atoms with Gasteiger partial charge in [-0.3, -0.25) is 0 Å². The van der Waals surface area contributed by atoms with Crippen molar-refractivity contribution in [2.45, 2.75) is 136 Å². The molecule has 2 saturated carbocycles. The topological polar surface area (TPSA) is 0 Å².